The first kappa shape index (κ1) is 17.4. The molecule has 0 aliphatic carbocycles. The zero-order valence-electron chi connectivity index (χ0n) is 13.8. The molecule has 0 atom stereocenters. The van der Waals surface area contributed by atoms with Gasteiger partial charge in [0, 0.05) is 22.8 Å². The summed E-state index contributed by atoms with van der Waals surface area (Å²) in [4.78, 5) is 4.65. The molecule has 0 bridgehead atoms. The van der Waals surface area contributed by atoms with Crippen LogP contribution in [0.15, 0.2) is 66.7 Å². The first-order valence-electron chi connectivity index (χ1n) is 7.94. The largest absolute Gasteiger partial charge is 0.332 e. The van der Waals surface area contributed by atoms with Crippen LogP contribution in [0.3, 0.4) is 0 Å². The number of nitrogens with one attached hydrogen (secondary N) is 2. The van der Waals surface area contributed by atoms with Crippen molar-refractivity contribution in [1.29, 1.82) is 0 Å². The first-order valence-corrected chi connectivity index (χ1v) is 8.73. The summed E-state index contributed by atoms with van der Waals surface area (Å²) in [6.45, 7) is 2.11. The van der Waals surface area contributed by atoms with Crippen LogP contribution >= 0.6 is 23.8 Å². The maximum absolute atomic E-state index is 5.89. The van der Waals surface area contributed by atoms with E-state index < -0.39 is 0 Å². The van der Waals surface area contributed by atoms with Gasteiger partial charge in [0.2, 0.25) is 0 Å². The third kappa shape index (κ3) is 5.02. The standard InChI is InChI=1S/C20H18ClN3S/c1-14-5-2-3-6-15(14)13-18-7-4-8-19(22-18)24-20(25)23-17-11-9-16(21)10-12-17/h2-12H,13H2,1H3,(H2,22,23,24,25). The normalized spacial score (nSPS) is 10.3. The monoisotopic (exact) mass is 367 g/mol. The van der Waals surface area contributed by atoms with E-state index in [-0.39, 0.29) is 0 Å². The minimum atomic E-state index is 0.489. The average Bonchev–Trinajstić information content (AvgIpc) is 2.59. The molecule has 3 aromatic rings. The Kier molecular flexibility index (Phi) is 5.64. The van der Waals surface area contributed by atoms with Crippen molar-refractivity contribution < 1.29 is 0 Å². The number of halogens is 1. The molecule has 25 heavy (non-hydrogen) atoms. The summed E-state index contributed by atoms with van der Waals surface area (Å²) in [6, 6.07) is 21.6. The van der Waals surface area contributed by atoms with E-state index in [9.17, 15) is 0 Å². The third-order valence-electron chi connectivity index (χ3n) is 3.78. The molecule has 0 aliphatic rings. The number of hydrogen-bond acceptors (Lipinski definition) is 2. The highest BCUT2D eigenvalue weighted by Crippen LogP contribution is 2.16. The number of hydrogen-bond donors (Lipinski definition) is 2. The molecular formula is C20H18ClN3S. The van der Waals surface area contributed by atoms with Gasteiger partial charge in [0.1, 0.15) is 5.82 Å². The summed E-state index contributed by atoms with van der Waals surface area (Å²) in [5, 5.41) is 7.42. The lowest BCUT2D eigenvalue weighted by atomic mass is 10.0. The SMILES string of the molecule is Cc1ccccc1Cc1cccc(NC(=S)Nc2ccc(Cl)cc2)n1. The van der Waals surface area contributed by atoms with Crippen molar-refractivity contribution in [2.75, 3.05) is 10.6 Å². The van der Waals surface area contributed by atoms with Crippen molar-refractivity contribution in [3.8, 4) is 0 Å². The van der Waals surface area contributed by atoms with E-state index in [1.807, 2.05) is 48.5 Å². The predicted molar refractivity (Wildman–Crippen MR) is 110 cm³/mol. The molecule has 0 aliphatic heterocycles. The second-order valence-electron chi connectivity index (χ2n) is 5.70. The lowest BCUT2D eigenvalue weighted by Gasteiger charge is -2.11. The van der Waals surface area contributed by atoms with Crippen LogP contribution in [0.1, 0.15) is 16.8 Å². The van der Waals surface area contributed by atoms with Gasteiger partial charge in [-0.3, -0.25) is 0 Å². The molecule has 0 amide bonds. The van der Waals surface area contributed by atoms with Gasteiger partial charge in [-0.1, -0.05) is 41.9 Å². The Labute approximate surface area is 158 Å². The summed E-state index contributed by atoms with van der Waals surface area (Å²) in [5.74, 6) is 0.720. The molecule has 0 saturated carbocycles. The zero-order valence-corrected chi connectivity index (χ0v) is 15.4. The molecule has 126 valence electrons. The zero-order chi connectivity index (χ0) is 17.6. The Morgan fingerprint density at radius 1 is 0.960 bits per heavy atom. The topological polar surface area (TPSA) is 37.0 Å². The Balaban J connectivity index is 1.66. The van der Waals surface area contributed by atoms with Gasteiger partial charge >= 0.3 is 0 Å². The molecule has 0 spiro atoms. The average molecular weight is 368 g/mol. The maximum Gasteiger partial charge on any atom is 0.176 e. The van der Waals surface area contributed by atoms with E-state index in [0.717, 1.165) is 23.6 Å². The fraction of sp³-hybridized carbons (Fsp3) is 0.100. The minimum Gasteiger partial charge on any atom is -0.332 e. The number of benzene rings is 2. The van der Waals surface area contributed by atoms with Gasteiger partial charge in [-0.25, -0.2) is 4.98 Å². The highest BCUT2D eigenvalue weighted by atomic mass is 35.5. The summed E-state index contributed by atoms with van der Waals surface area (Å²) >= 11 is 11.2. The van der Waals surface area contributed by atoms with Crippen LogP contribution in [0.5, 0.6) is 0 Å². The fourth-order valence-electron chi connectivity index (χ4n) is 2.46. The van der Waals surface area contributed by atoms with Crippen molar-refractivity contribution in [3.05, 3.63) is 88.6 Å². The number of anilines is 2. The molecule has 2 aromatic carbocycles. The number of rotatable bonds is 4. The lowest BCUT2D eigenvalue weighted by molar-refractivity contribution is 1.06. The minimum absolute atomic E-state index is 0.489. The molecule has 2 N–H and O–H groups in total. The van der Waals surface area contributed by atoms with Gasteiger partial charge in [-0.05, 0) is 66.7 Å². The first-order chi connectivity index (χ1) is 12.1. The second kappa shape index (κ2) is 8.10. The van der Waals surface area contributed by atoms with Crippen LogP contribution in [0, 0.1) is 6.92 Å². The number of aromatic nitrogens is 1. The van der Waals surface area contributed by atoms with Crippen LogP contribution in [0.25, 0.3) is 0 Å². The molecule has 0 fully saturated rings. The van der Waals surface area contributed by atoms with Crippen molar-refractivity contribution in [3.63, 3.8) is 0 Å². The van der Waals surface area contributed by atoms with Gasteiger partial charge in [-0.15, -0.1) is 0 Å². The number of aryl methyl sites for hydroxylation is 1. The summed E-state index contributed by atoms with van der Waals surface area (Å²) < 4.78 is 0. The molecule has 1 heterocycles. The van der Waals surface area contributed by atoms with Gasteiger partial charge in [0.25, 0.3) is 0 Å². The smallest absolute Gasteiger partial charge is 0.176 e. The maximum atomic E-state index is 5.89. The Morgan fingerprint density at radius 3 is 2.48 bits per heavy atom. The summed E-state index contributed by atoms with van der Waals surface area (Å²) in [5.41, 5.74) is 4.41. The summed E-state index contributed by atoms with van der Waals surface area (Å²) in [7, 11) is 0. The van der Waals surface area contributed by atoms with Gasteiger partial charge in [-0.2, -0.15) is 0 Å². The number of nitrogens with zero attached hydrogens (tertiary/aromatic N) is 1. The van der Waals surface area contributed by atoms with E-state index in [2.05, 4.69) is 40.7 Å². The van der Waals surface area contributed by atoms with Crippen molar-refractivity contribution in [2.24, 2.45) is 0 Å². The molecule has 0 unspecified atom stereocenters. The summed E-state index contributed by atoms with van der Waals surface area (Å²) in [6.07, 6.45) is 0.791. The van der Waals surface area contributed by atoms with Crippen LogP contribution in [-0.4, -0.2) is 10.1 Å². The van der Waals surface area contributed by atoms with Crippen LogP contribution < -0.4 is 10.6 Å². The molecule has 3 nitrogen and oxygen atoms in total. The van der Waals surface area contributed by atoms with Crippen LogP contribution in [-0.2, 0) is 6.42 Å². The van der Waals surface area contributed by atoms with Gasteiger partial charge < -0.3 is 10.6 Å². The second-order valence-corrected chi connectivity index (χ2v) is 6.55. The molecular weight excluding hydrogens is 350 g/mol. The van der Waals surface area contributed by atoms with Gasteiger partial charge in [0.05, 0.1) is 0 Å². The Bertz CT molecular complexity index is 878. The van der Waals surface area contributed by atoms with E-state index >= 15 is 0 Å². The fourth-order valence-corrected chi connectivity index (χ4v) is 2.81. The van der Waals surface area contributed by atoms with Crippen molar-refractivity contribution in [1.82, 2.24) is 4.98 Å². The lowest BCUT2D eigenvalue weighted by Crippen LogP contribution is -2.19. The predicted octanol–water partition coefficient (Wildman–Crippen LogP) is 5.44. The van der Waals surface area contributed by atoms with Crippen LogP contribution in [0.4, 0.5) is 11.5 Å². The number of thiocarbonyl (C=S) groups is 1. The number of pyridine rings is 1. The molecule has 0 radical (unpaired) electrons. The van der Waals surface area contributed by atoms with E-state index in [4.69, 9.17) is 23.8 Å². The van der Waals surface area contributed by atoms with Gasteiger partial charge in [0.15, 0.2) is 5.11 Å². The van der Waals surface area contributed by atoms with E-state index in [1.54, 1.807) is 0 Å². The van der Waals surface area contributed by atoms with E-state index in [1.165, 1.54) is 11.1 Å². The molecule has 1 aromatic heterocycles. The molecule has 0 saturated heterocycles. The highest BCUT2D eigenvalue weighted by molar-refractivity contribution is 7.80. The quantitative estimate of drug-likeness (QED) is 0.602. The Hall–Kier alpha value is -2.43. The molecule has 3 rings (SSSR count). The van der Waals surface area contributed by atoms with Crippen LogP contribution in [0.2, 0.25) is 5.02 Å². The molecule has 5 heteroatoms. The highest BCUT2D eigenvalue weighted by Gasteiger charge is 2.04. The van der Waals surface area contributed by atoms with Crippen molar-refractivity contribution >= 4 is 40.4 Å². The Morgan fingerprint density at radius 2 is 1.72 bits per heavy atom. The third-order valence-corrected chi connectivity index (χ3v) is 4.24. The van der Waals surface area contributed by atoms with E-state index in [0.29, 0.717) is 10.1 Å². The van der Waals surface area contributed by atoms with Crippen molar-refractivity contribution in [2.45, 2.75) is 13.3 Å².